The van der Waals surface area contributed by atoms with Gasteiger partial charge in [-0.1, -0.05) is 59.7 Å². The van der Waals surface area contributed by atoms with Crippen LogP contribution in [0, 0.1) is 13.8 Å². The Morgan fingerprint density at radius 2 is 1.46 bits per heavy atom. The van der Waals surface area contributed by atoms with Crippen molar-refractivity contribution in [2.24, 2.45) is 0 Å². The minimum absolute atomic E-state index is 0.494. The fourth-order valence-electron chi connectivity index (χ4n) is 2.52. The first-order valence-corrected chi connectivity index (χ1v) is 8.20. The first-order valence-electron chi connectivity index (χ1n) is 8.20. The Kier molecular flexibility index (Phi) is 4.10. The van der Waals surface area contributed by atoms with Crippen LogP contribution in [0.15, 0.2) is 54.9 Å². The smallest absolute Gasteiger partial charge is 0.224 e. The highest BCUT2D eigenvalue weighted by Crippen LogP contribution is 2.27. The van der Waals surface area contributed by atoms with Crippen molar-refractivity contribution in [3.63, 3.8) is 0 Å². The summed E-state index contributed by atoms with van der Waals surface area (Å²) in [7, 11) is 0. The maximum Gasteiger partial charge on any atom is 0.224 e. The fourth-order valence-corrected chi connectivity index (χ4v) is 2.52. The number of aromatic amines is 1. The molecule has 0 fully saturated rings. The summed E-state index contributed by atoms with van der Waals surface area (Å²) in [6, 6.07) is 16.1. The lowest BCUT2D eigenvalue weighted by atomic mass is 10.1. The Labute approximate surface area is 150 Å². The molecule has 4 aromatic rings. The molecule has 0 amide bonds. The number of hydrogen-bond acceptors (Lipinski definition) is 6. The van der Waals surface area contributed by atoms with E-state index >= 15 is 0 Å². The summed E-state index contributed by atoms with van der Waals surface area (Å²) < 4.78 is 0. The maximum absolute atomic E-state index is 4.67. The molecule has 0 saturated heterocycles. The molecule has 7 heteroatoms. The number of aromatic nitrogens is 6. The lowest BCUT2D eigenvalue weighted by molar-refractivity contribution is 0.986. The Bertz CT molecular complexity index is 1010. The van der Waals surface area contributed by atoms with E-state index in [2.05, 4.69) is 35.7 Å². The van der Waals surface area contributed by atoms with Crippen molar-refractivity contribution < 1.29 is 0 Å². The number of anilines is 2. The molecule has 0 bridgehead atoms. The number of nitrogens with zero attached hydrogens (tertiary/aromatic N) is 5. The molecule has 128 valence electrons. The number of H-pyrrole nitrogens is 1. The summed E-state index contributed by atoms with van der Waals surface area (Å²) in [5.74, 6) is 1.60. The van der Waals surface area contributed by atoms with Crippen LogP contribution in [0.25, 0.3) is 22.6 Å². The molecular formula is C19H17N7. The van der Waals surface area contributed by atoms with E-state index in [0.29, 0.717) is 23.3 Å². The second kappa shape index (κ2) is 6.72. The molecule has 26 heavy (non-hydrogen) atoms. The van der Waals surface area contributed by atoms with Gasteiger partial charge in [0.25, 0.3) is 0 Å². The van der Waals surface area contributed by atoms with Gasteiger partial charge >= 0.3 is 0 Å². The summed E-state index contributed by atoms with van der Waals surface area (Å²) in [5.41, 5.74) is 4.83. The lowest BCUT2D eigenvalue weighted by Gasteiger charge is -2.10. The molecule has 0 spiro atoms. The lowest BCUT2D eigenvalue weighted by Crippen LogP contribution is -2.04. The van der Waals surface area contributed by atoms with Crippen LogP contribution in [-0.2, 0) is 0 Å². The van der Waals surface area contributed by atoms with Crippen LogP contribution in [-0.4, -0.2) is 30.4 Å². The zero-order valence-electron chi connectivity index (χ0n) is 14.4. The quantitative estimate of drug-likeness (QED) is 0.587. The van der Waals surface area contributed by atoms with Crippen molar-refractivity contribution >= 4 is 11.8 Å². The molecule has 0 aliphatic rings. The first kappa shape index (κ1) is 15.9. The number of rotatable bonds is 4. The minimum atomic E-state index is 0.494. The molecule has 2 heterocycles. The van der Waals surface area contributed by atoms with Crippen LogP contribution in [0.3, 0.4) is 0 Å². The summed E-state index contributed by atoms with van der Waals surface area (Å²) in [5, 5.41) is 18.5. The zero-order chi connectivity index (χ0) is 17.9. The number of hydrogen-bond donors (Lipinski definition) is 2. The summed E-state index contributed by atoms with van der Waals surface area (Å²) in [4.78, 5) is 8.78. The van der Waals surface area contributed by atoms with Gasteiger partial charge in [-0.25, -0.2) is 10.1 Å². The predicted molar refractivity (Wildman–Crippen MR) is 99.8 cm³/mol. The van der Waals surface area contributed by atoms with Crippen molar-refractivity contribution in [1.29, 1.82) is 0 Å². The molecule has 0 aliphatic heterocycles. The maximum atomic E-state index is 4.67. The van der Waals surface area contributed by atoms with E-state index in [1.54, 1.807) is 0 Å². The van der Waals surface area contributed by atoms with Crippen LogP contribution in [0.5, 0.6) is 0 Å². The van der Waals surface area contributed by atoms with Gasteiger partial charge in [0.15, 0.2) is 11.6 Å². The van der Waals surface area contributed by atoms with E-state index in [-0.39, 0.29) is 0 Å². The molecule has 4 rings (SSSR count). The molecule has 0 saturated carbocycles. The van der Waals surface area contributed by atoms with E-state index in [1.165, 1.54) is 17.5 Å². The predicted octanol–water partition coefficient (Wildman–Crippen LogP) is 3.68. The SMILES string of the molecule is Cc1ccc(-c2nnc(-c3ccc(C)cc3)c(Nc3ncn[nH]3)n2)cc1. The van der Waals surface area contributed by atoms with Gasteiger partial charge in [-0.15, -0.1) is 10.2 Å². The normalized spacial score (nSPS) is 10.7. The van der Waals surface area contributed by atoms with Gasteiger partial charge in [-0.2, -0.15) is 10.1 Å². The van der Waals surface area contributed by atoms with Crippen LogP contribution >= 0.6 is 0 Å². The molecule has 0 aliphatic carbocycles. The van der Waals surface area contributed by atoms with Crippen molar-refractivity contribution in [3.05, 3.63) is 66.0 Å². The summed E-state index contributed by atoms with van der Waals surface area (Å²) >= 11 is 0. The number of aryl methyl sites for hydroxylation is 2. The van der Waals surface area contributed by atoms with Crippen LogP contribution in [0.4, 0.5) is 11.8 Å². The average molecular weight is 343 g/mol. The largest absolute Gasteiger partial charge is 0.307 e. The molecule has 0 unspecified atom stereocenters. The molecule has 7 nitrogen and oxygen atoms in total. The minimum Gasteiger partial charge on any atom is -0.307 e. The second-order valence-electron chi connectivity index (χ2n) is 6.02. The highest BCUT2D eigenvalue weighted by atomic mass is 15.3. The Morgan fingerprint density at radius 3 is 2.08 bits per heavy atom. The van der Waals surface area contributed by atoms with E-state index in [1.807, 2.05) is 62.4 Å². The van der Waals surface area contributed by atoms with Crippen molar-refractivity contribution in [3.8, 4) is 22.6 Å². The summed E-state index contributed by atoms with van der Waals surface area (Å²) in [6.07, 6.45) is 1.43. The Hall–Kier alpha value is -3.61. The Morgan fingerprint density at radius 1 is 0.808 bits per heavy atom. The Balaban J connectivity index is 1.80. The van der Waals surface area contributed by atoms with Gasteiger partial charge in [-0.3, -0.25) is 0 Å². The average Bonchev–Trinajstić information content (AvgIpc) is 3.16. The van der Waals surface area contributed by atoms with Crippen LogP contribution in [0.2, 0.25) is 0 Å². The molecular weight excluding hydrogens is 326 g/mol. The first-order chi connectivity index (χ1) is 12.7. The summed E-state index contributed by atoms with van der Waals surface area (Å²) in [6.45, 7) is 4.09. The van der Waals surface area contributed by atoms with Gasteiger partial charge in [0.05, 0.1) is 0 Å². The third-order valence-electron chi connectivity index (χ3n) is 3.97. The van der Waals surface area contributed by atoms with Gasteiger partial charge < -0.3 is 5.32 Å². The van der Waals surface area contributed by atoms with Crippen LogP contribution in [0.1, 0.15) is 11.1 Å². The van der Waals surface area contributed by atoms with E-state index in [4.69, 9.17) is 0 Å². The van der Waals surface area contributed by atoms with Gasteiger partial charge in [0, 0.05) is 11.1 Å². The molecule has 0 radical (unpaired) electrons. The van der Waals surface area contributed by atoms with E-state index < -0.39 is 0 Å². The van der Waals surface area contributed by atoms with Gasteiger partial charge in [0.1, 0.15) is 12.0 Å². The second-order valence-corrected chi connectivity index (χ2v) is 6.02. The van der Waals surface area contributed by atoms with Crippen molar-refractivity contribution in [2.75, 3.05) is 5.32 Å². The fraction of sp³-hybridized carbons (Fsp3) is 0.105. The monoisotopic (exact) mass is 343 g/mol. The topological polar surface area (TPSA) is 92.3 Å². The molecule has 2 aromatic heterocycles. The van der Waals surface area contributed by atoms with Gasteiger partial charge in [0.2, 0.25) is 5.95 Å². The van der Waals surface area contributed by atoms with Crippen LogP contribution < -0.4 is 5.32 Å². The molecule has 0 atom stereocenters. The number of benzene rings is 2. The standard InChI is InChI=1S/C19H17N7/c1-12-3-7-14(8-4-12)16-18(23-19-20-11-21-26-19)22-17(25-24-16)15-9-5-13(2)6-10-15/h3-11H,1-2H3,(H2,20,21,22,23,25,26). The zero-order valence-corrected chi connectivity index (χ0v) is 14.4. The van der Waals surface area contributed by atoms with E-state index in [9.17, 15) is 0 Å². The van der Waals surface area contributed by atoms with E-state index in [0.717, 1.165) is 11.1 Å². The van der Waals surface area contributed by atoms with Gasteiger partial charge in [-0.05, 0) is 13.8 Å². The number of nitrogens with one attached hydrogen (secondary N) is 2. The molecule has 2 aromatic carbocycles. The highest BCUT2D eigenvalue weighted by molar-refractivity contribution is 5.74. The molecule has 2 N–H and O–H groups in total. The van der Waals surface area contributed by atoms with Crippen molar-refractivity contribution in [1.82, 2.24) is 30.4 Å². The third kappa shape index (κ3) is 3.27. The highest BCUT2D eigenvalue weighted by Gasteiger charge is 2.14. The van der Waals surface area contributed by atoms with Crippen molar-refractivity contribution in [2.45, 2.75) is 13.8 Å². The third-order valence-corrected chi connectivity index (χ3v) is 3.97.